The van der Waals surface area contributed by atoms with Gasteiger partial charge in [-0.3, -0.25) is 4.79 Å². The zero-order chi connectivity index (χ0) is 18.4. The van der Waals surface area contributed by atoms with Gasteiger partial charge in [-0.1, -0.05) is 13.8 Å². The molecule has 0 spiro atoms. The van der Waals surface area contributed by atoms with Gasteiger partial charge in [-0.25, -0.2) is 18.4 Å². The fraction of sp³-hybridized carbons (Fsp3) is 0.588. The lowest BCUT2D eigenvalue weighted by atomic mass is 9.87. The molecule has 25 heavy (non-hydrogen) atoms. The van der Waals surface area contributed by atoms with Crippen LogP contribution in [-0.2, 0) is 9.84 Å². The molecule has 1 amide bonds. The predicted molar refractivity (Wildman–Crippen MR) is 96.3 cm³/mol. The molecule has 1 fully saturated rings. The van der Waals surface area contributed by atoms with Crippen molar-refractivity contribution in [3.8, 4) is 0 Å². The number of fused-ring (bicyclic) bond motifs is 1. The van der Waals surface area contributed by atoms with Crippen molar-refractivity contribution in [1.29, 1.82) is 0 Å². The van der Waals surface area contributed by atoms with Gasteiger partial charge in [0.2, 0.25) is 0 Å². The molecular formula is C17H24N4O3S. The smallest absolute Gasteiger partial charge is 0.255 e. The Morgan fingerprint density at radius 2 is 2.12 bits per heavy atom. The number of H-pyrrole nitrogens is 1. The highest BCUT2D eigenvalue weighted by Crippen LogP contribution is 2.39. The average molecular weight is 364 g/mol. The summed E-state index contributed by atoms with van der Waals surface area (Å²) >= 11 is 0. The number of rotatable bonds is 6. The van der Waals surface area contributed by atoms with Gasteiger partial charge in [0, 0.05) is 24.4 Å². The van der Waals surface area contributed by atoms with Crippen LogP contribution >= 0.6 is 0 Å². The van der Waals surface area contributed by atoms with E-state index in [0.717, 1.165) is 18.5 Å². The minimum atomic E-state index is -3.14. The lowest BCUT2D eigenvalue weighted by Crippen LogP contribution is -2.46. The van der Waals surface area contributed by atoms with Crippen LogP contribution in [0.15, 0.2) is 12.4 Å². The van der Waals surface area contributed by atoms with Crippen LogP contribution in [0.1, 0.15) is 55.6 Å². The number of sulfone groups is 1. The molecule has 1 aliphatic rings. The Hall–Kier alpha value is -1.96. The molecule has 2 aromatic rings. The van der Waals surface area contributed by atoms with Crippen LogP contribution in [0, 0.1) is 5.41 Å². The van der Waals surface area contributed by atoms with Crippen molar-refractivity contribution in [2.24, 2.45) is 5.41 Å². The maximum atomic E-state index is 12.7. The maximum Gasteiger partial charge on any atom is 0.255 e. The fourth-order valence-electron chi connectivity index (χ4n) is 2.92. The second-order valence-corrected chi connectivity index (χ2v) is 9.86. The van der Waals surface area contributed by atoms with E-state index < -0.39 is 15.3 Å². The second-order valence-electron chi connectivity index (χ2n) is 7.72. The summed E-state index contributed by atoms with van der Waals surface area (Å²) in [6.45, 7) is 5.48. The van der Waals surface area contributed by atoms with Crippen LogP contribution in [0.4, 0.5) is 0 Å². The molecule has 7 nitrogen and oxygen atoms in total. The van der Waals surface area contributed by atoms with Gasteiger partial charge in [0.25, 0.3) is 5.91 Å². The average Bonchev–Trinajstić information content (AvgIpc) is 3.23. The first kappa shape index (κ1) is 17.8. The van der Waals surface area contributed by atoms with Crippen molar-refractivity contribution < 1.29 is 13.2 Å². The molecule has 8 heteroatoms. The molecule has 0 bridgehead atoms. The number of nitrogens with zero attached hydrogens (tertiary/aromatic N) is 2. The monoisotopic (exact) mass is 364 g/mol. The maximum absolute atomic E-state index is 12.7. The molecule has 2 heterocycles. The van der Waals surface area contributed by atoms with Gasteiger partial charge in [-0.15, -0.1) is 0 Å². The highest BCUT2D eigenvalue weighted by molar-refractivity contribution is 7.90. The quantitative estimate of drug-likeness (QED) is 0.816. The number of hydrogen-bond acceptors (Lipinski definition) is 5. The van der Waals surface area contributed by atoms with Crippen LogP contribution in [0.25, 0.3) is 11.2 Å². The zero-order valence-electron chi connectivity index (χ0n) is 15.0. The molecular weight excluding hydrogens is 340 g/mol. The van der Waals surface area contributed by atoms with Crippen molar-refractivity contribution in [3.05, 3.63) is 23.7 Å². The van der Waals surface area contributed by atoms with Gasteiger partial charge >= 0.3 is 0 Å². The summed E-state index contributed by atoms with van der Waals surface area (Å²) in [4.78, 5) is 24.6. The SMILES string of the molecule is CC(NC(=O)c1c[nH]c2ncc(C3CC3)nc12)C(C)(C)CS(C)(=O)=O. The first-order valence-corrected chi connectivity index (χ1v) is 10.5. The number of hydrogen-bond donors (Lipinski definition) is 2. The van der Waals surface area contributed by atoms with Crippen LogP contribution in [0.5, 0.6) is 0 Å². The number of aromatic nitrogens is 3. The molecule has 0 saturated heterocycles. The summed E-state index contributed by atoms with van der Waals surface area (Å²) in [7, 11) is -3.14. The Kier molecular flexibility index (Phi) is 4.35. The number of amides is 1. The summed E-state index contributed by atoms with van der Waals surface area (Å²) < 4.78 is 23.2. The molecule has 2 N–H and O–H groups in total. The van der Waals surface area contributed by atoms with E-state index in [-0.39, 0.29) is 17.7 Å². The standard InChI is InChI=1S/C17H24N4O3S/c1-10(17(2,3)9-25(4,23)24)20-16(22)12-7-18-15-14(12)21-13(8-19-15)11-5-6-11/h7-8,10-11H,5-6,9H2,1-4H3,(H,18,19)(H,20,22). The molecule has 1 atom stereocenters. The van der Waals surface area contributed by atoms with Crippen LogP contribution < -0.4 is 5.32 Å². The van der Waals surface area contributed by atoms with E-state index in [0.29, 0.717) is 22.6 Å². The fourth-order valence-corrected chi connectivity index (χ4v) is 4.53. The van der Waals surface area contributed by atoms with E-state index in [1.165, 1.54) is 6.26 Å². The van der Waals surface area contributed by atoms with Crippen molar-refractivity contribution in [2.75, 3.05) is 12.0 Å². The summed E-state index contributed by atoms with van der Waals surface area (Å²) in [5.41, 5.74) is 1.92. The van der Waals surface area contributed by atoms with Gasteiger partial charge in [0.1, 0.15) is 15.4 Å². The first-order chi connectivity index (χ1) is 11.6. The van der Waals surface area contributed by atoms with Crippen LogP contribution in [0.3, 0.4) is 0 Å². The van der Waals surface area contributed by atoms with E-state index >= 15 is 0 Å². The predicted octanol–water partition coefficient (Wildman–Crippen LogP) is 2.02. The topological polar surface area (TPSA) is 105 Å². The molecule has 1 unspecified atom stereocenters. The lowest BCUT2D eigenvalue weighted by molar-refractivity contribution is 0.0912. The molecule has 2 aromatic heterocycles. The number of aromatic amines is 1. The minimum absolute atomic E-state index is 0.000957. The third kappa shape index (κ3) is 4.00. The first-order valence-electron chi connectivity index (χ1n) is 8.39. The largest absolute Gasteiger partial charge is 0.349 e. The Balaban J connectivity index is 1.81. The lowest BCUT2D eigenvalue weighted by Gasteiger charge is -2.31. The normalized spacial score (nSPS) is 16.8. The van der Waals surface area contributed by atoms with E-state index in [9.17, 15) is 13.2 Å². The zero-order valence-corrected chi connectivity index (χ0v) is 15.8. The molecule has 1 saturated carbocycles. The Labute approximate surface area is 147 Å². The van der Waals surface area contributed by atoms with Crippen molar-refractivity contribution >= 4 is 26.9 Å². The molecule has 1 aliphatic carbocycles. The second kappa shape index (κ2) is 6.09. The highest BCUT2D eigenvalue weighted by Gasteiger charge is 2.32. The van der Waals surface area contributed by atoms with E-state index in [2.05, 4.69) is 20.3 Å². The summed E-state index contributed by atoms with van der Waals surface area (Å²) in [5.74, 6) is 0.180. The van der Waals surface area contributed by atoms with Gasteiger partial charge < -0.3 is 10.3 Å². The number of carbonyl (C=O) groups excluding carboxylic acids is 1. The number of nitrogens with one attached hydrogen (secondary N) is 2. The van der Waals surface area contributed by atoms with Gasteiger partial charge in [0.15, 0.2) is 5.65 Å². The minimum Gasteiger partial charge on any atom is -0.349 e. The molecule has 0 radical (unpaired) electrons. The van der Waals surface area contributed by atoms with E-state index in [1.807, 2.05) is 20.8 Å². The van der Waals surface area contributed by atoms with Crippen LogP contribution in [0.2, 0.25) is 0 Å². The number of carbonyl (C=O) groups is 1. The summed E-state index contributed by atoms with van der Waals surface area (Å²) in [5, 5.41) is 2.91. The third-order valence-electron chi connectivity index (χ3n) is 4.79. The van der Waals surface area contributed by atoms with E-state index in [4.69, 9.17) is 0 Å². The summed E-state index contributed by atoms with van der Waals surface area (Å²) in [6.07, 6.45) is 6.80. The van der Waals surface area contributed by atoms with E-state index in [1.54, 1.807) is 12.4 Å². The van der Waals surface area contributed by atoms with Gasteiger partial charge in [-0.05, 0) is 25.2 Å². The molecule has 136 valence electrons. The summed E-state index contributed by atoms with van der Waals surface area (Å²) in [6, 6.07) is -0.320. The van der Waals surface area contributed by atoms with Crippen LogP contribution in [-0.4, -0.2) is 47.3 Å². The van der Waals surface area contributed by atoms with Crippen molar-refractivity contribution in [2.45, 2.75) is 45.6 Å². The molecule has 0 aromatic carbocycles. The molecule has 0 aliphatic heterocycles. The highest BCUT2D eigenvalue weighted by atomic mass is 32.2. The third-order valence-corrected chi connectivity index (χ3v) is 6.06. The Bertz CT molecular complexity index is 913. The molecule has 3 rings (SSSR count). The van der Waals surface area contributed by atoms with Gasteiger partial charge in [-0.2, -0.15) is 0 Å². The van der Waals surface area contributed by atoms with Crippen molar-refractivity contribution in [1.82, 2.24) is 20.3 Å². The van der Waals surface area contributed by atoms with Gasteiger partial charge in [0.05, 0.1) is 23.2 Å². The van der Waals surface area contributed by atoms with Crippen molar-refractivity contribution in [3.63, 3.8) is 0 Å². The Morgan fingerprint density at radius 3 is 2.72 bits per heavy atom. The Morgan fingerprint density at radius 1 is 1.44 bits per heavy atom.